The van der Waals surface area contributed by atoms with Crippen LogP contribution >= 0.6 is 12.4 Å². The second-order valence-corrected chi connectivity index (χ2v) is 3.58. The Morgan fingerprint density at radius 1 is 1.19 bits per heavy atom. The summed E-state index contributed by atoms with van der Waals surface area (Å²) in [5.74, 6) is 0. The Hall–Kier alpha value is -1.38. The first-order valence-corrected chi connectivity index (χ1v) is 4.92. The van der Waals surface area contributed by atoms with Crippen molar-refractivity contribution in [2.45, 2.75) is 13.5 Å². The predicted octanol–water partition coefficient (Wildman–Crippen LogP) is 2.97. The number of aryl methyl sites for hydroxylation is 1. The Balaban J connectivity index is 0.00000128. The van der Waals surface area contributed by atoms with Crippen LogP contribution in [0, 0.1) is 6.92 Å². The molecule has 0 saturated heterocycles. The molecule has 0 radical (unpaired) electrons. The molecule has 0 aliphatic carbocycles. The number of aliphatic hydroxyl groups is 1. The summed E-state index contributed by atoms with van der Waals surface area (Å²) in [6, 6.07) is 11.8. The molecule has 16 heavy (non-hydrogen) atoms. The van der Waals surface area contributed by atoms with Gasteiger partial charge in [0.2, 0.25) is 0 Å². The van der Waals surface area contributed by atoms with E-state index in [0.717, 1.165) is 22.4 Å². The van der Waals surface area contributed by atoms with Crippen molar-refractivity contribution in [1.29, 1.82) is 0 Å². The summed E-state index contributed by atoms with van der Waals surface area (Å²) in [6.45, 7) is 2.08. The fourth-order valence-corrected chi connectivity index (χ4v) is 1.47. The molecular formula is C13H14ClNO. The molecule has 1 heterocycles. The van der Waals surface area contributed by atoms with E-state index in [0.29, 0.717) is 0 Å². The molecule has 1 aromatic heterocycles. The quantitative estimate of drug-likeness (QED) is 0.868. The molecule has 0 fully saturated rings. The summed E-state index contributed by atoms with van der Waals surface area (Å²) in [7, 11) is 0. The van der Waals surface area contributed by atoms with Crippen molar-refractivity contribution >= 4 is 12.4 Å². The summed E-state index contributed by atoms with van der Waals surface area (Å²) in [4.78, 5) is 4.34. The van der Waals surface area contributed by atoms with E-state index in [1.165, 1.54) is 0 Å². The van der Waals surface area contributed by atoms with Gasteiger partial charge in [0, 0.05) is 11.8 Å². The fraction of sp³-hybridized carbons (Fsp3) is 0.154. The van der Waals surface area contributed by atoms with Gasteiger partial charge in [-0.05, 0) is 30.2 Å². The van der Waals surface area contributed by atoms with E-state index < -0.39 is 0 Å². The number of benzene rings is 1. The number of rotatable bonds is 2. The van der Waals surface area contributed by atoms with Crippen LogP contribution in [0.1, 0.15) is 11.1 Å². The molecule has 3 heteroatoms. The molecule has 0 unspecified atom stereocenters. The van der Waals surface area contributed by atoms with E-state index in [1.54, 1.807) is 0 Å². The molecule has 0 aliphatic rings. The van der Waals surface area contributed by atoms with Gasteiger partial charge in [0.05, 0.1) is 12.3 Å². The van der Waals surface area contributed by atoms with Gasteiger partial charge in [-0.15, -0.1) is 12.4 Å². The maximum atomic E-state index is 9.03. The van der Waals surface area contributed by atoms with Crippen LogP contribution in [0.2, 0.25) is 0 Å². The van der Waals surface area contributed by atoms with E-state index in [4.69, 9.17) is 5.11 Å². The van der Waals surface area contributed by atoms with Gasteiger partial charge >= 0.3 is 0 Å². The smallest absolute Gasteiger partial charge is 0.0702 e. The molecule has 1 N–H and O–H groups in total. The van der Waals surface area contributed by atoms with Gasteiger partial charge in [0.1, 0.15) is 0 Å². The minimum atomic E-state index is 0. The second-order valence-electron chi connectivity index (χ2n) is 3.58. The van der Waals surface area contributed by atoms with Gasteiger partial charge in [0.25, 0.3) is 0 Å². The minimum absolute atomic E-state index is 0. The van der Waals surface area contributed by atoms with E-state index in [1.807, 2.05) is 49.5 Å². The molecule has 0 amide bonds. The summed E-state index contributed by atoms with van der Waals surface area (Å²) >= 11 is 0. The molecule has 2 nitrogen and oxygen atoms in total. The number of hydrogen-bond donors (Lipinski definition) is 1. The van der Waals surface area contributed by atoms with Gasteiger partial charge < -0.3 is 5.11 Å². The Morgan fingerprint density at radius 3 is 2.62 bits per heavy atom. The van der Waals surface area contributed by atoms with Crippen LogP contribution in [0.15, 0.2) is 42.6 Å². The van der Waals surface area contributed by atoms with Crippen molar-refractivity contribution in [2.75, 3.05) is 0 Å². The van der Waals surface area contributed by atoms with Crippen LogP contribution in [-0.2, 0) is 6.61 Å². The highest BCUT2D eigenvalue weighted by atomic mass is 35.5. The summed E-state index contributed by atoms with van der Waals surface area (Å²) in [6.07, 6.45) is 1.85. The van der Waals surface area contributed by atoms with Gasteiger partial charge in [0.15, 0.2) is 0 Å². The molecular weight excluding hydrogens is 222 g/mol. The predicted molar refractivity (Wildman–Crippen MR) is 67.6 cm³/mol. The zero-order valence-corrected chi connectivity index (χ0v) is 9.87. The number of nitrogens with zero attached hydrogens (tertiary/aromatic N) is 1. The molecule has 1 aromatic carbocycles. The lowest BCUT2D eigenvalue weighted by molar-refractivity contribution is 0.282. The first-order valence-electron chi connectivity index (χ1n) is 4.92. The van der Waals surface area contributed by atoms with Crippen molar-refractivity contribution in [3.8, 4) is 11.3 Å². The molecule has 0 aliphatic heterocycles. The largest absolute Gasteiger partial charge is 0.392 e. The maximum absolute atomic E-state index is 9.03. The summed E-state index contributed by atoms with van der Waals surface area (Å²) < 4.78 is 0. The van der Waals surface area contributed by atoms with Crippen LogP contribution < -0.4 is 0 Å². The standard InChI is InChI=1S/C13H13NO.ClH/c1-10-5-6-13(14-8-10)12-4-2-3-11(7-12)9-15;/h2-8,15H,9H2,1H3;1H. The third kappa shape index (κ3) is 2.81. The van der Waals surface area contributed by atoms with Crippen molar-refractivity contribution < 1.29 is 5.11 Å². The highest BCUT2D eigenvalue weighted by molar-refractivity contribution is 5.85. The average molecular weight is 236 g/mol. The first-order chi connectivity index (χ1) is 7.29. The lowest BCUT2D eigenvalue weighted by Gasteiger charge is -2.03. The number of aliphatic hydroxyl groups excluding tert-OH is 1. The third-order valence-corrected chi connectivity index (χ3v) is 2.32. The molecule has 0 spiro atoms. The second kappa shape index (κ2) is 5.64. The van der Waals surface area contributed by atoms with Gasteiger partial charge in [-0.25, -0.2) is 0 Å². The lowest BCUT2D eigenvalue weighted by Crippen LogP contribution is -1.87. The first kappa shape index (κ1) is 12.7. The van der Waals surface area contributed by atoms with Crippen LogP contribution in [0.5, 0.6) is 0 Å². The SMILES string of the molecule is Cc1ccc(-c2cccc(CO)c2)nc1.Cl. The topological polar surface area (TPSA) is 33.1 Å². The van der Waals surface area contributed by atoms with Gasteiger partial charge in [-0.1, -0.05) is 24.3 Å². The molecule has 0 atom stereocenters. The van der Waals surface area contributed by atoms with Crippen molar-refractivity contribution in [2.24, 2.45) is 0 Å². The van der Waals surface area contributed by atoms with E-state index in [9.17, 15) is 0 Å². The zero-order valence-electron chi connectivity index (χ0n) is 9.05. The molecule has 0 bridgehead atoms. The van der Waals surface area contributed by atoms with E-state index >= 15 is 0 Å². The zero-order chi connectivity index (χ0) is 10.7. The van der Waals surface area contributed by atoms with Crippen molar-refractivity contribution in [1.82, 2.24) is 4.98 Å². The summed E-state index contributed by atoms with van der Waals surface area (Å²) in [5.41, 5.74) is 4.05. The third-order valence-electron chi connectivity index (χ3n) is 2.32. The van der Waals surface area contributed by atoms with E-state index in [-0.39, 0.29) is 19.0 Å². The average Bonchev–Trinajstić information content (AvgIpc) is 2.30. The number of pyridine rings is 1. The maximum Gasteiger partial charge on any atom is 0.0702 e. The number of aromatic nitrogens is 1. The highest BCUT2D eigenvalue weighted by Crippen LogP contribution is 2.18. The van der Waals surface area contributed by atoms with Gasteiger partial charge in [-0.3, -0.25) is 4.98 Å². The fourth-order valence-electron chi connectivity index (χ4n) is 1.47. The Labute approximate surface area is 101 Å². The van der Waals surface area contributed by atoms with Crippen molar-refractivity contribution in [3.05, 3.63) is 53.7 Å². The van der Waals surface area contributed by atoms with Crippen LogP contribution in [0.25, 0.3) is 11.3 Å². The molecule has 84 valence electrons. The van der Waals surface area contributed by atoms with Crippen molar-refractivity contribution in [3.63, 3.8) is 0 Å². The van der Waals surface area contributed by atoms with Crippen LogP contribution in [0.3, 0.4) is 0 Å². The number of hydrogen-bond acceptors (Lipinski definition) is 2. The van der Waals surface area contributed by atoms with E-state index in [2.05, 4.69) is 4.98 Å². The molecule has 2 rings (SSSR count). The Morgan fingerprint density at radius 2 is 2.00 bits per heavy atom. The normalized spacial score (nSPS) is 9.62. The lowest BCUT2D eigenvalue weighted by atomic mass is 10.1. The highest BCUT2D eigenvalue weighted by Gasteiger charge is 1.99. The summed E-state index contributed by atoms with van der Waals surface area (Å²) in [5, 5.41) is 9.03. The van der Waals surface area contributed by atoms with Gasteiger partial charge in [-0.2, -0.15) is 0 Å². The monoisotopic (exact) mass is 235 g/mol. The molecule has 0 saturated carbocycles. The minimum Gasteiger partial charge on any atom is -0.392 e. The van der Waals surface area contributed by atoms with Crippen LogP contribution in [0.4, 0.5) is 0 Å². The molecule has 2 aromatic rings. The van der Waals surface area contributed by atoms with Crippen LogP contribution in [-0.4, -0.2) is 10.1 Å². The number of halogens is 1. The Kier molecular flexibility index (Phi) is 4.47. The Bertz CT molecular complexity index is 454.